The number of amides is 1. The fraction of sp³-hybridized carbons (Fsp3) is 0.676. The normalized spacial score (nSPS) is 19.3. The summed E-state index contributed by atoms with van der Waals surface area (Å²) in [7, 11) is 0. The number of aliphatic hydroxyl groups excluding tert-OH is 5. The van der Waals surface area contributed by atoms with Gasteiger partial charge in [0.15, 0.2) is 12.4 Å². The van der Waals surface area contributed by atoms with Crippen molar-refractivity contribution in [1.29, 1.82) is 0 Å². The van der Waals surface area contributed by atoms with E-state index in [1.54, 1.807) is 6.08 Å². The van der Waals surface area contributed by atoms with E-state index in [0.717, 1.165) is 154 Å². The van der Waals surface area contributed by atoms with Gasteiger partial charge in [-0.25, -0.2) is 0 Å². The molecule has 11 heteroatoms. The molecule has 1 saturated heterocycles. The van der Waals surface area contributed by atoms with Crippen LogP contribution in [-0.2, 0) is 23.8 Å². The zero-order valence-electron chi connectivity index (χ0n) is 53.7. The smallest absolute Gasteiger partial charge is 0.306 e. The number of hydrogen-bond donors (Lipinski definition) is 6. The van der Waals surface area contributed by atoms with Crippen molar-refractivity contribution < 1.29 is 49.3 Å². The molecule has 8 atom stereocenters. The predicted molar refractivity (Wildman–Crippen MR) is 356 cm³/mol. The maximum atomic E-state index is 13.5. The molecule has 0 bridgehead atoms. The van der Waals surface area contributed by atoms with Crippen LogP contribution in [0.2, 0.25) is 0 Å². The molecule has 8 unspecified atom stereocenters. The molecule has 0 saturated carbocycles. The van der Waals surface area contributed by atoms with E-state index in [-0.39, 0.29) is 19.4 Å². The second-order valence-corrected chi connectivity index (χ2v) is 22.8. The SMILES string of the molecule is CC/C=C\C/C=C\C/C=C\C/C=C\C/C=C\CCCCCCCCCCC(O)C(=O)NC(COC1OC(CO)C(O)C(O)C1OC(=O)CCCCCCC/C=C\C/C=C\C/C=C\C/C=C\C/C=C\CC)C(O)/C=C/CCCCCCCCCCC. The Morgan fingerprint density at radius 1 is 0.471 bits per heavy atom. The highest BCUT2D eigenvalue weighted by molar-refractivity contribution is 5.80. The van der Waals surface area contributed by atoms with E-state index in [2.05, 4.69) is 148 Å². The third-order valence-electron chi connectivity index (χ3n) is 15.0. The largest absolute Gasteiger partial charge is 0.454 e. The standard InChI is InChI=1S/C74H123NO10/c1-4-7-10-13-16-19-22-24-26-28-30-32-33-34-36-37-39-41-43-46-49-52-55-58-61-67(78)73(82)75-65(66(77)60-57-54-51-48-45-21-18-15-12-9-6-3)64-83-74-72(71(81)70(80)68(63-76)84-74)85-69(79)62-59-56-53-50-47-44-42-40-38-35-31-29-27-25-23-20-17-14-11-8-5-2/h7-8,10-11,16-17,19-20,24-27,30-32,34-36,40,42,57,60,65-68,70-72,74,76-78,80-81H,4-6,9,12-15,18,21-23,28-29,33,37-39,41,43-56,58-59,61-64H2,1-3H3,(H,75,82)/b10-7-,11-8-,19-16-,20-17-,26-24-,27-25-,32-30-,35-31-,36-34-,42-40-,60-57+. The van der Waals surface area contributed by atoms with Gasteiger partial charge in [0, 0.05) is 6.42 Å². The summed E-state index contributed by atoms with van der Waals surface area (Å²) in [6, 6.07) is -1.04. The van der Waals surface area contributed by atoms with Gasteiger partial charge in [-0.3, -0.25) is 9.59 Å². The Kier molecular flexibility index (Phi) is 55.7. The highest BCUT2D eigenvalue weighted by Gasteiger charge is 2.47. The number of nitrogens with one attached hydrogen (secondary N) is 1. The Hall–Kier alpha value is -4.20. The van der Waals surface area contributed by atoms with Crippen molar-refractivity contribution in [2.75, 3.05) is 13.2 Å². The van der Waals surface area contributed by atoms with E-state index < -0.39 is 67.4 Å². The maximum absolute atomic E-state index is 13.5. The summed E-state index contributed by atoms with van der Waals surface area (Å²) in [6.07, 6.45) is 74.8. The van der Waals surface area contributed by atoms with Crippen LogP contribution >= 0.6 is 0 Å². The van der Waals surface area contributed by atoms with E-state index in [1.165, 1.54) is 57.8 Å². The first kappa shape index (κ1) is 78.8. The molecule has 0 aliphatic carbocycles. The molecule has 1 rings (SSSR count). The molecular formula is C74H123NO10. The minimum atomic E-state index is -1.63. The number of unbranched alkanes of at least 4 members (excludes halogenated alkanes) is 22. The Bertz CT molecular complexity index is 1890. The van der Waals surface area contributed by atoms with Crippen LogP contribution in [0.4, 0.5) is 0 Å². The fourth-order valence-corrected chi connectivity index (χ4v) is 9.76. The summed E-state index contributed by atoms with van der Waals surface area (Å²) in [5, 5.41) is 57.1. The lowest BCUT2D eigenvalue weighted by Crippen LogP contribution is -2.61. The van der Waals surface area contributed by atoms with Crippen LogP contribution in [0, 0.1) is 0 Å². The van der Waals surface area contributed by atoms with Gasteiger partial charge in [-0.2, -0.15) is 0 Å². The van der Waals surface area contributed by atoms with Crippen LogP contribution in [0.1, 0.15) is 258 Å². The monoisotopic (exact) mass is 1190 g/mol. The lowest BCUT2D eigenvalue weighted by atomic mass is 9.99. The van der Waals surface area contributed by atoms with Gasteiger partial charge in [0.05, 0.1) is 25.4 Å². The molecular weight excluding hydrogens is 1060 g/mol. The van der Waals surface area contributed by atoms with Gasteiger partial charge in [-0.05, 0) is 116 Å². The number of carbonyl (C=O) groups excluding carboxylic acids is 2. The Morgan fingerprint density at radius 2 is 0.847 bits per heavy atom. The number of allylic oxidation sites excluding steroid dienone is 21. The van der Waals surface area contributed by atoms with Gasteiger partial charge < -0.3 is 45.1 Å². The van der Waals surface area contributed by atoms with Crippen molar-refractivity contribution in [3.05, 3.63) is 134 Å². The second-order valence-electron chi connectivity index (χ2n) is 22.8. The molecule has 0 aromatic carbocycles. The fourth-order valence-electron chi connectivity index (χ4n) is 9.76. The van der Waals surface area contributed by atoms with Gasteiger partial charge in [-0.15, -0.1) is 0 Å². The summed E-state index contributed by atoms with van der Waals surface area (Å²) < 4.78 is 17.6. The summed E-state index contributed by atoms with van der Waals surface area (Å²) >= 11 is 0. The minimum Gasteiger partial charge on any atom is -0.454 e. The summed E-state index contributed by atoms with van der Waals surface area (Å²) in [5.74, 6) is -1.23. The number of hydrogen-bond acceptors (Lipinski definition) is 10. The molecule has 6 N–H and O–H groups in total. The van der Waals surface area contributed by atoms with Gasteiger partial charge in [0.1, 0.15) is 24.4 Å². The predicted octanol–water partition coefficient (Wildman–Crippen LogP) is 17.2. The Labute approximate surface area is 518 Å². The number of carbonyl (C=O) groups is 2. The molecule has 1 fully saturated rings. The summed E-state index contributed by atoms with van der Waals surface area (Å²) in [4.78, 5) is 26.6. The van der Waals surface area contributed by atoms with Crippen molar-refractivity contribution in [3.63, 3.8) is 0 Å². The van der Waals surface area contributed by atoms with Crippen LogP contribution in [0.15, 0.2) is 134 Å². The zero-order valence-corrected chi connectivity index (χ0v) is 53.7. The molecule has 1 aliphatic rings. The molecule has 0 spiro atoms. The number of aliphatic hydroxyl groups is 5. The highest BCUT2D eigenvalue weighted by Crippen LogP contribution is 2.26. The molecule has 1 aliphatic heterocycles. The first-order valence-corrected chi connectivity index (χ1v) is 34.0. The van der Waals surface area contributed by atoms with Crippen molar-refractivity contribution in [3.8, 4) is 0 Å². The molecule has 11 nitrogen and oxygen atoms in total. The number of rotatable bonds is 56. The molecule has 484 valence electrons. The highest BCUT2D eigenvalue weighted by atomic mass is 16.7. The van der Waals surface area contributed by atoms with Gasteiger partial charge >= 0.3 is 5.97 Å². The van der Waals surface area contributed by atoms with Crippen molar-refractivity contribution in [2.24, 2.45) is 0 Å². The van der Waals surface area contributed by atoms with Crippen molar-refractivity contribution >= 4 is 11.9 Å². The van der Waals surface area contributed by atoms with E-state index in [1.807, 2.05) is 6.08 Å². The Balaban J connectivity index is 2.62. The van der Waals surface area contributed by atoms with Gasteiger partial charge in [0.2, 0.25) is 5.91 Å². The lowest BCUT2D eigenvalue weighted by molar-refractivity contribution is -0.305. The molecule has 0 radical (unpaired) electrons. The molecule has 85 heavy (non-hydrogen) atoms. The van der Waals surface area contributed by atoms with E-state index in [4.69, 9.17) is 14.2 Å². The van der Waals surface area contributed by atoms with E-state index >= 15 is 0 Å². The van der Waals surface area contributed by atoms with E-state index in [0.29, 0.717) is 12.8 Å². The van der Waals surface area contributed by atoms with Crippen LogP contribution in [0.5, 0.6) is 0 Å². The summed E-state index contributed by atoms with van der Waals surface area (Å²) in [5.41, 5.74) is 0. The topological polar surface area (TPSA) is 175 Å². The first-order valence-electron chi connectivity index (χ1n) is 34.0. The van der Waals surface area contributed by atoms with Crippen molar-refractivity contribution in [1.82, 2.24) is 5.32 Å². The maximum Gasteiger partial charge on any atom is 0.306 e. The zero-order chi connectivity index (χ0) is 61.7. The Morgan fingerprint density at radius 3 is 1.27 bits per heavy atom. The van der Waals surface area contributed by atoms with Crippen LogP contribution in [0.3, 0.4) is 0 Å². The van der Waals surface area contributed by atoms with Crippen LogP contribution in [0.25, 0.3) is 0 Å². The molecule has 0 aromatic heterocycles. The van der Waals surface area contributed by atoms with Crippen molar-refractivity contribution in [2.45, 2.75) is 307 Å². The van der Waals surface area contributed by atoms with Gasteiger partial charge in [-0.1, -0.05) is 270 Å². The lowest BCUT2D eigenvalue weighted by Gasteiger charge is -2.41. The average molecular weight is 1190 g/mol. The molecule has 1 heterocycles. The quantitative estimate of drug-likeness (QED) is 0.0195. The van der Waals surface area contributed by atoms with Crippen LogP contribution in [-0.4, -0.2) is 99.6 Å². The van der Waals surface area contributed by atoms with Crippen LogP contribution < -0.4 is 5.32 Å². The number of esters is 1. The second kappa shape index (κ2) is 60.1. The third kappa shape index (κ3) is 47.5. The van der Waals surface area contributed by atoms with E-state index in [9.17, 15) is 35.1 Å². The van der Waals surface area contributed by atoms with Gasteiger partial charge in [0.25, 0.3) is 0 Å². The average Bonchev–Trinajstić information content (AvgIpc) is 3.69. The molecule has 1 amide bonds. The molecule has 0 aromatic rings. The minimum absolute atomic E-state index is 0.0935. The first-order chi connectivity index (χ1) is 41.7. The third-order valence-corrected chi connectivity index (χ3v) is 15.0. The number of ether oxygens (including phenoxy) is 3. The summed E-state index contributed by atoms with van der Waals surface area (Å²) in [6.45, 7) is 5.54.